The third kappa shape index (κ3) is 4.95. The second-order valence-electron chi connectivity index (χ2n) is 5.58. The van der Waals surface area contributed by atoms with Gasteiger partial charge < -0.3 is 10.6 Å². The molecule has 136 valence electrons. The van der Waals surface area contributed by atoms with Crippen molar-refractivity contribution in [1.29, 1.82) is 0 Å². The molecule has 0 bridgehead atoms. The van der Waals surface area contributed by atoms with E-state index in [1.54, 1.807) is 30.3 Å². The lowest BCUT2D eigenvalue weighted by Crippen LogP contribution is -2.39. The zero-order valence-corrected chi connectivity index (χ0v) is 14.1. The highest BCUT2D eigenvalue weighted by atomic mass is 19.2. The molecule has 2 aromatic carbocycles. The van der Waals surface area contributed by atoms with E-state index in [4.69, 9.17) is 0 Å². The van der Waals surface area contributed by atoms with Crippen LogP contribution in [0.5, 0.6) is 0 Å². The Labute approximate surface area is 149 Å². The molecule has 0 aliphatic rings. The maximum absolute atomic E-state index is 13.4. The number of nitrogens with one attached hydrogen (secondary N) is 2. The Bertz CT molecular complexity index is 810. The van der Waals surface area contributed by atoms with Crippen LogP contribution in [0.15, 0.2) is 48.5 Å². The van der Waals surface area contributed by atoms with E-state index < -0.39 is 29.5 Å². The van der Waals surface area contributed by atoms with Gasteiger partial charge in [0.25, 0.3) is 0 Å². The Morgan fingerprint density at radius 1 is 0.962 bits per heavy atom. The molecular weight excluding hydrogens is 342 g/mol. The van der Waals surface area contributed by atoms with Gasteiger partial charge in [-0.2, -0.15) is 0 Å². The second kappa shape index (κ2) is 8.84. The molecule has 0 heterocycles. The summed E-state index contributed by atoms with van der Waals surface area (Å²) in [7, 11) is 1.36. The average Bonchev–Trinajstić information content (AvgIpc) is 2.66. The zero-order valence-electron chi connectivity index (χ0n) is 14.1. The summed E-state index contributed by atoms with van der Waals surface area (Å²) < 4.78 is 26.5. The van der Waals surface area contributed by atoms with Gasteiger partial charge in [0, 0.05) is 25.5 Å². The molecule has 0 spiro atoms. The van der Waals surface area contributed by atoms with Gasteiger partial charge in [-0.1, -0.05) is 36.4 Å². The smallest absolute Gasteiger partial charge is 0.246 e. The average molecular weight is 360 g/mol. The van der Waals surface area contributed by atoms with Gasteiger partial charge in [-0.05, 0) is 17.7 Å². The minimum absolute atomic E-state index is 0.0336. The normalized spacial score (nSPS) is 11.5. The van der Waals surface area contributed by atoms with Gasteiger partial charge in [-0.15, -0.1) is 0 Å². The molecule has 0 aromatic heterocycles. The van der Waals surface area contributed by atoms with Gasteiger partial charge in [0.05, 0.1) is 0 Å². The largest absolute Gasteiger partial charge is 0.357 e. The molecule has 2 rings (SSSR count). The molecule has 2 aromatic rings. The molecule has 0 radical (unpaired) electrons. The third-order valence-electron chi connectivity index (χ3n) is 3.77. The van der Waals surface area contributed by atoms with Crippen LogP contribution >= 0.6 is 0 Å². The van der Waals surface area contributed by atoms with E-state index in [-0.39, 0.29) is 24.2 Å². The number of carbonyl (C=O) groups excluding carboxylic acids is 3. The summed E-state index contributed by atoms with van der Waals surface area (Å²) >= 11 is 0. The van der Waals surface area contributed by atoms with Gasteiger partial charge in [-0.3, -0.25) is 14.4 Å². The van der Waals surface area contributed by atoms with Crippen molar-refractivity contribution in [1.82, 2.24) is 10.6 Å². The van der Waals surface area contributed by atoms with Gasteiger partial charge in [0.2, 0.25) is 11.8 Å². The molecule has 2 amide bonds. The minimum atomic E-state index is -1.19. The van der Waals surface area contributed by atoms with Crippen LogP contribution in [0.3, 0.4) is 0 Å². The molecule has 5 nitrogen and oxygen atoms in total. The van der Waals surface area contributed by atoms with E-state index in [0.717, 1.165) is 12.1 Å². The lowest BCUT2D eigenvalue weighted by Gasteiger charge is -2.18. The number of carbonyl (C=O) groups is 3. The van der Waals surface area contributed by atoms with Crippen LogP contribution in [0.1, 0.15) is 34.8 Å². The van der Waals surface area contributed by atoms with Crippen LogP contribution in [0.4, 0.5) is 8.78 Å². The standard InChI is InChI=1S/C19H18F2N2O3/c1-22-19(26)18(13-7-8-14(20)15(21)11-13)23-17(25)10-9-16(24)12-5-3-2-4-6-12/h2-8,11,18H,9-10H2,1H3,(H,22,26)(H,23,25). The lowest BCUT2D eigenvalue weighted by atomic mass is 10.0. The van der Waals surface area contributed by atoms with Gasteiger partial charge in [0.1, 0.15) is 6.04 Å². The van der Waals surface area contributed by atoms with E-state index in [1.165, 1.54) is 13.1 Å². The predicted molar refractivity (Wildman–Crippen MR) is 91.3 cm³/mol. The highest BCUT2D eigenvalue weighted by molar-refractivity contribution is 5.98. The highest BCUT2D eigenvalue weighted by Gasteiger charge is 2.23. The van der Waals surface area contributed by atoms with Crippen molar-refractivity contribution < 1.29 is 23.2 Å². The first-order valence-electron chi connectivity index (χ1n) is 7.96. The SMILES string of the molecule is CNC(=O)C(NC(=O)CCC(=O)c1ccccc1)c1ccc(F)c(F)c1. The van der Waals surface area contributed by atoms with Crippen molar-refractivity contribution >= 4 is 17.6 Å². The van der Waals surface area contributed by atoms with Crippen LogP contribution in [0, 0.1) is 11.6 Å². The Hall–Kier alpha value is -3.09. The number of hydrogen-bond acceptors (Lipinski definition) is 3. The topological polar surface area (TPSA) is 75.3 Å². The van der Waals surface area contributed by atoms with Crippen molar-refractivity contribution in [3.8, 4) is 0 Å². The van der Waals surface area contributed by atoms with Gasteiger partial charge in [-0.25, -0.2) is 8.78 Å². The monoisotopic (exact) mass is 360 g/mol. The quantitative estimate of drug-likeness (QED) is 0.745. The molecule has 2 N–H and O–H groups in total. The maximum atomic E-state index is 13.4. The van der Waals surface area contributed by atoms with Crippen molar-refractivity contribution in [2.75, 3.05) is 7.05 Å². The second-order valence-corrected chi connectivity index (χ2v) is 5.58. The zero-order chi connectivity index (χ0) is 19.1. The van der Waals surface area contributed by atoms with Crippen molar-refractivity contribution in [2.24, 2.45) is 0 Å². The summed E-state index contributed by atoms with van der Waals surface area (Å²) in [6.45, 7) is 0. The minimum Gasteiger partial charge on any atom is -0.357 e. The first kappa shape index (κ1) is 19.2. The van der Waals surface area contributed by atoms with Gasteiger partial charge >= 0.3 is 0 Å². The first-order chi connectivity index (χ1) is 12.4. The highest BCUT2D eigenvalue weighted by Crippen LogP contribution is 2.17. The van der Waals surface area contributed by atoms with Crippen molar-refractivity contribution in [2.45, 2.75) is 18.9 Å². The molecular formula is C19H18F2N2O3. The van der Waals surface area contributed by atoms with Crippen LogP contribution in [-0.2, 0) is 9.59 Å². The number of Topliss-reactive ketones (excluding diaryl/α,β-unsaturated/α-hetero) is 1. The summed E-state index contributed by atoms with van der Waals surface area (Å²) in [4.78, 5) is 36.1. The molecule has 0 saturated heterocycles. The number of rotatable bonds is 7. The number of benzene rings is 2. The molecule has 0 aliphatic heterocycles. The Kier molecular flexibility index (Phi) is 6.54. The fourth-order valence-corrected chi connectivity index (χ4v) is 2.37. The molecule has 7 heteroatoms. The maximum Gasteiger partial charge on any atom is 0.246 e. The number of likely N-dealkylation sites (N-methyl/N-ethyl adjacent to an activating group) is 1. The molecule has 26 heavy (non-hydrogen) atoms. The fourth-order valence-electron chi connectivity index (χ4n) is 2.37. The van der Waals surface area contributed by atoms with E-state index in [0.29, 0.717) is 5.56 Å². The van der Waals surface area contributed by atoms with E-state index >= 15 is 0 Å². The number of hydrogen-bond donors (Lipinski definition) is 2. The Balaban J connectivity index is 2.03. The van der Waals surface area contributed by atoms with E-state index in [1.807, 2.05) is 0 Å². The number of ketones is 1. The Morgan fingerprint density at radius 3 is 2.27 bits per heavy atom. The van der Waals surface area contributed by atoms with E-state index in [9.17, 15) is 23.2 Å². The van der Waals surface area contributed by atoms with Crippen LogP contribution in [-0.4, -0.2) is 24.6 Å². The summed E-state index contributed by atoms with van der Waals surface area (Å²) in [5.41, 5.74) is 0.592. The summed E-state index contributed by atoms with van der Waals surface area (Å²) in [5, 5.41) is 4.80. The molecule has 1 unspecified atom stereocenters. The van der Waals surface area contributed by atoms with Gasteiger partial charge in [0.15, 0.2) is 17.4 Å². The molecule has 0 fully saturated rings. The van der Waals surface area contributed by atoms with Crippen LogP contribution in [0.25, 0.3) is 0 Å². The molecule has 0 aliphatic carbocycles. The lowest BCUT2D eigenvalue weighted by molar-refractivity contribution is -0.128. The fraction of sp³-hybridized carbons (Fsp3) is 0.211. The predicted octanol–water partition coefficient (Wildman–Crippen LogP) is 2.53. The summed E-state index contributed by atoms with van der Waals surface area (Å²) in [6, 6.07) is 10.3. The third-order valence-corrected chi connectivity index (χ3v) is 3.77. The van der Waals surface area contributed by atoms with Crippen molar-refractivity contribution in [3.05, 3.63) is 71.3 Å². The van der Waals surface area contributed by atoms with E-state index in [2.05, 4.69) is 10.6 Å². The first-order valence-corrected chi connectivity index (χ1v) is 7.96. The summed E-state index contributed by atoms with van der Waals surface area (Å²) in [5.74, 6) is -3.51. The molecule has 1 atom stereocenters. The van der Waals surface area contributed by atoms with Crippen LogP contribution in [0.2, 0.25) is 0 Å². The number of halogens is 2. The van der Waals surface area contributed by atoms with Crippen molar-refractivity contribution in [3.63, 3.8) is 0 Å². The number of amides is 2. The van der Waals surface area contributed by atoms with Crippen LogP contribution < -0.4 is 10.6 Å². The molecule has 0 saturated carbocycles. The Morgan fingerprint density at radius 2 is 1.65 bits per heavy atom. The summed E-state index contributed by atoms with van der Waals surface area (Å²) in [6.07, 6.45) is -0.168.